The van der Waals surface area contributed by atoms with Crippen LogP contribution in [0.3, 0.4) is 0 Å². The lowest BCUT2D eigenvalue weighted by atomic mass is 9.94. The van der Waals surface area contributed by atoms with Gasteiger partial charge in [0.15, 0.2) is 0 Å². The molecule has 0 aliphatic carbocycles. The Kier molecular flexibility index (Phi) is 9.05. The van der Waals surface area contributed by atoms with Crippen molar-refractivity contribution in [1.82, 2.24) is 9.21 Å². The summed E-state index contributed by atoms with van der Waals surface area (Å²) < 4.78 is 45.8. The van der Waals surface area contributed by atoms with Crippen molar-refractivity contribution in [2.45, 2.75) is 76.6 Å². The second-order valence-corrected chi connectivity index (χ2v) is 13.3. The van der Waals surface area contributed by atoms with Gasteiger partial charge >= 0.3 is 0 Å². The summed E-state index contributed by atoms with van der Waals surface area (Å²) in [6, 6.07) is 13.0. The third-order valence-electron chi connectivity index (χ3n) is 7.92. The van der Waals surface area contributed by atoms with Gasteiger partial charge in [-0.2, -0.15) is 0 Å². The van der Waals surface area contributed by atoms with Gasteiger partial charge in [-0.05, 0) is 68.9 Å². The highest BCUT2D eigenvalue weighted by Gasteiger charge is 2.39. The van der Waals surface area contributed by atoms with E-state index < -0.39 is 10.0 Å². The molecule has 0 aromatic heterocycles. The maximum absolute atomic E-state index is 13.5. The first-order valence-corrected chi connectivity index (χ1v) is 15.3. The predicted molar refractivity (Wildman–Crippen MR) is 152 cm³/mol. The fourth-order valence-electron chi connectivity index (χ4n) is 5.67. The van der Waals surface area contributed by atoms with Crippen LogP contribution in [0.25, 0.3) is 0 Å². The highest BCUT2D eigenvalue weighted by molar-refractivity contribution is 7.88. The molecule has 39 heavy (non-hydrogen) atoms. The molecule has 3 atom stereocenters. The molecule has 0 bridgehead atoms. The number of carbonyl (C=O) groups is 1. The summed E-state index contributed by atoms with van der Waals surface area (Å²) in [5, 5.41) is 0. The van der Waals surface area contributed by atoms with Crippen LogP contribution in [0, 0.1) is 6.92 Å². The van der Waals surface area contributed by atoms with E-state index in [9.17, 15) is 13.2 Å². The van der Waals surface area contributed by atoms with Crippen LogP contribution in [-0.4, -0.2) is 81.2 Å². The van der Waals surface area contributed by atoms with Crippen LogP contribution in [0.5, 0.6) is 5.75 Å². The maximum Gasteiger partial charge on any atom is 0.254 e. The SMILES string of the molecule is CCc1cccc(C)c1C(=O)N1C[C@@H](OC)[C@H](Oc2cccc(CS(=O)(=O)N(C)C3CCOC(C)(C)C3)c2)C1. The summed E-state index contributed by atoms with van der Waals surface area (Å²) in [5.74, 6) is 0.426. The van der Waals surface area contributed by atoms with Crippen molar-refractivity contribution in [2.24, 2.45) is 0 Å². The van der Waals surface area contributed by atoms with Crippen LogP contribution < -0.4 is 4.74 Å². The molecule has 0 radical (unpaired) electrons. The fraction of sp³-hybridized carbons (Fsp3) is 0.567. The van der Waals surface area contributed by atoms with Gasteiger partial charge in [-0.15, -0.1) is 0 Å². The average molecular weight is 559 g/mol. The number of hydrogen-bond acceptors (Lipinski definition) is 6. The monoisotopic (exact) mass is 558 g/mol. The molecule has 1 amide bonds. The van der Waals surface area contributed by atoms with Crippen molar-refractivity contribution < 1.29 is 27.4 Å². The number of amides is 1. The van der Waals surface area contributed by atoms with E-state index in [4.69, 9.17) is 14.2 Å². The second-order valence-electron chi connectivity index (χ2n) is 11.3. The number of methoxy groups -OCH3 is 1. The van der Waals surface area contributed by atoms with Crippen LogP contribution in [-0.2, 0) is 31.7 Å². The Hall–Kier alpha value is -2.46. The van der Waals surface area contributed by atoms with Gasteiger partial charge in [-0.25, -0.2) is 12.7 Å². The molecule has 0 N–H and O–H groups in total. The molecule has 2 fully saturated rings. The fourth-order valence-corrected chi connectivity index (χ4v) is 7.11. The summed E-state index contributed by atoms with van der Waals surface area (Å²) in [7, 11) is -0.257. The van der Waals surface area contributed by atoms with Crippen molar-refractivity contribution in [2.75, 3.05) is 33.9 Å². The van der Waals surface area contributed by atoms with E-state index in [-0.39, 0.29) is 35.5 Å². The van der Waals surface area contributed by atoms with Crippen molar-refractivity contribution in [1.29, 1.82) is 0 Å². The molecule has 2 heterocycles. The Morgan fingerprint density at radius 1 is 1.15 bits per heavy atom. The van der Waals surface area contributed by atoms with Crippen LogP contribution in [0.15, 0.2) is 42.5 Å². The minimum absolute atomic E-state index is 0.0164. The number of rotatable bonds is 9. The Morgan fingerprint density at radius 2 is 1.87 bits per heavy atom. The van der Waals surface area contributed by atoms with Gasteiger partial charge in [0.1, 0.15) is 18.0 Å². The topological polar surface area (TPSA) is 85.4 Å². The summed E-state index contributed by atoms with van der Waals surface area (Å²) in [4.78, 5) is 15.3. The highest BCUT2D eigenvalue weighted by Crippen LogP contribution is 2.30. The van der Waals surface area contributed by atoms with Gasteiger partial charge in [0.25, 0.3) is 5.91 Å². The first kappa shape index (κ1) is 29.5. The van der Waals surface area contributed by atoms with Crippen LogP contribution >= 0.6 is 0 Å². The zero-order chi connectivity index (χ0) is 28.4. The van der Waals surface area contributed by atoms with Crippen molar-refractivity contribution in [3.05, 3.63) is 64.7 Å². The molecule has 2 aliphatic heterocycles. The second kappa shape index (κ2) is 12.0. The molecule has 0 spiro atoms. The van der Waals surface area contributed by atoms with Crippen LogP contribution in [0.1, 0.15) is 60.7 Å². The number of carbonyl (C=O) groups excluding carboxylic acids is 1. The Balaban J connectivity index is 1.45. The lowest BCUT2D eigenvalue weighted by Crippen LogP contribution is -2.46. The van der Waals surface area contributed by atoms with E-state index in [0.717, 1.165) is 23.1 Å². The normalized spacial score (nSPS) is 23.3. The Morgan fingerprint density at radius 3 is 2.56 bits per heavy atom. The number of benzene rings is 2. The number of sulfonamides is 1. The molecule has 1 unspecified atom stereocenters. The van der Waals surface area contributed by atoms with Gasteiger partial charge in [-0.3, -0.25) is 4.79 Å². The van der Waals surface area contributed by atoms with Crippen molar-refractivity contribution in [3.8, 4) is 5.75 Å². The molecule has 2 saturated heterocycles. The molecule has 8 nitrogen and oxygen atoms in total. The number of likely N-dealkylation sites (tertiary alicyclic amines) is 1. The van der Waals surface area contributed by atoms with Gasteiger partial charge < -0.3 is 19.1 Å². The van der Waals surface area contributed by atoms with E-state index in [1.165, 1.54) is 4.31 Å². The molecule has 2 aliphatic rings. The summed E-state index contributed by atoms with van der Waals surface area (Å²) in [6.07, 6.45) is 1.45. The molecular weight excluding hydrogens is 516 g/mol. The summed E-state index contributed by atoms with van der Waals surface area (Å²) >= 11 is 0. The molecule has 2 aromatic rings. The zero-order valence-electron chi connectivity index (χ0n) is 24.0. The first-order chi connectivity index (χ1) is 18.4. The number of hydrogen-bond donors (Lipinski definition) is 0. The summed E-state index contributed by atoms with van der Waals surface area (Å²) in [5.41, 5.74) is 3.05. The lowest BCUT2D eigenvalue weighted by Gasteiger charge is -2.39. The highest BCUT2D eigenvalue weighted by atomic mass is 32.2. The first-order valence-electron chi connectivity index (χ1n) is 13.7. The third-order valence-corrected chi connectivity index (χ3v) is 9.79. The number of ether oxygens (including phenoxy) is 3. The van der Waals surface area contributed by atoms with Gasteiger partial charge in [-0.1, -0.05) is 37.3 Å². The van der Waals surface area contributed by atoms with E-state index in [1.54, 1.807) is 37.3 Å². The van der Waals surface area contributed by atoms with Crippen LogP contribution in [0.2, 0.25) is 0 Å². The number of nitrogens with zero attached hydrogens (tertiary/aromatic N) is 2. The van der Waals surface area contributed by atoms with Crippen molar-refractivity contribution >= 4 is 15.9 Å². The standard InChI is InChI=1S/C30H42N2O6S/c1-7-23-12-8-10-21(2)28(23)29(33)32-18-26(36-6)27(19-32)38-25-13-9-11-22(16-25)20-39(34,35)31(5)24-14-15-37-30(3,4)17-24/h8-13,16,24,26-27H,7,14-15,17-20H2,1-6H3/t24?,26-,27-/m1/s1. The number of aryl methyl sites for hydroxylation is 2. The van der Waals surface area contributed by atoms with E-state index in [2.05, 4.69) is 6.92 Å². The minimum Gasteiger partial charge on any atom is -0.486 e. The largest absolute Gasteiger partial charge is 0.486 e. The third kappa shape index (κ3) is 6.82. The van der Waals surface area contributed by atoms with E-state index in [0.29, 0.717) is 43.9 Å². The Labute approximate surface area is 233 Å². The van der Waals surface area contributed by atoms with Crippen molar-refractivity contribution in [3.63, 3.8) is 0 Å². The zero-order valence-corrected chi connectivity index (χ0v) is 24.8. The summed E-state index contributed by atoms with van der Waals surface area (Å²) in [6.45, 7) is 9.37. The van der Waals surface area contributed by atoms with Gasteiger partial charge in [0, 0.05) is 32.4 Å². The van der Waals surface area contributed by atoms with Gasteiger partial charge in [0.05, 0.1) is 24.4 Å². The molecule has 2 aromatic carbocycles. The van der Waals surface area contributed by atoms with Crippen LogP contribution in [0.4, 0.5) is 0 Å². The molecule has 9 heteroatoms. The molecular formula is C30H42N2O6S. The maximum atomic E-state index is 13.5. The molecule has 0 saturated carbocycles. The molecule has 4 rings (SSSR count). The Bertz CT molecular complexity index is 1280. The minimum atomic E-state index is -3.54. The quantitative estimate of drug-likeness (QED) is 0.459. The lowest BCUT2D eigenvalue weighted by molar-refractivity contribution is -0.0708. The van der Waals surface area contributed by atoms with Gasteiger partial charge in [0.2, 0.25) is 10.0 Å². The van der Waals surface area contributed by atoms with E-state index >= 15 is 0 Å². The average Bonchev–Trinajstić information content (AvgIpc) is 3.29. The predicted octanol–water partition coefficient (Wildman–Crippen LogP) is 4.20. The molecule has 214 valence electrons. The van der Waals surface area contributed by atoms with E-state index in [1.807, 2.05) is 45.0 Å². The smallest absolute Gasteiger partial charge is 0.254 e.